The molecule has 0 atom stereocenters. The lowest BCUT2D eigenvalue weighted by molar-refractivity contribution is -0.276. The van der Waals surface area contributed by atoms with Gasteiger partial charge in [-0.05, 0) is 6.07 Å². The summed E-state index contributed by atoms with van der Waals surface area (Å²) in [5.41, 5.74) is 3.51. The van der Waals surface area contributed by atoms with Gasteiger partial charge in [0.25, 0.3) is 6.43 Å². The molecule has 15 heavy (non-hydrogen) atoms. The first kappa shape index (κ1) is 11.5. The standard InChI is InChI=1S/C7H5F5N2O/c8-5(9)4-3(13)1-2-14-6(4)15-7(10,11)12/h1-2,5H,(H2,13,14). The molecule has 0 aliphatic carbocycles. The van der Waals surface area contributed by atoms with Crippen molar-refractivity contribution in [3.63, 3.8) is 0 Å². The number of rotatable bonds is 2. The van der Waals surface area contributed by atoms with Crippen LogP contribution >= 0.6 is 0 Å². The van der Waals surface area contributed by atoms with Crippen LogP contribution in [0, 0.1) is 0 Å². The number of ether oxygens (including phenoxy) is 1. The normalized spacial score (nSPS) is 11.9. The summed E-state index contributed by atoms with van der Waals surface area (Å²) in [5.74, 6) is -1.22. The fourth-order valence-electron chi connectivity index (χ4n) is 0.878. The highest BCUT2D eigenvalue weighted by atomic mass is 19.4. The molecule has 0 spiro atoms. The van der Waals surface area contributed by atoms with Crippen LogP contribution in [0.15, 0.2) is 12.3 Å². The molecule has 0 bridgehead atoms. The molecule has 1 aromatic heterocycles. The first-order chi connectivity index (χ1) is 6.81. The molecule has 0 saturated carbocycles. The van der Waals surface area contributed by atoms with E-state index in [-0.39, 0.29) is 0 Å². The third-order valence-corrected chi connectivity index (χ3v) is 1.42. The predicted molar refractivity (Wildman–Crippen MR) is 40.3 cm³/mol. The largest absolute Gasteiger partial charge is 0.574 e. The topological polar surface area (TPSA) is 48.1 Å². The number of hydrogen-bond acceptors (Lipinski definition) is 3. The fraction of sp³-hybridized carbons (Fsp3) is 0.286. The number of anilines is 1. The molecule has 0 aromatic carbocycles. The molecule has 8 heteroatoms. The fourth-order valence-corrected chi connectivity index (χ4v) is 0.878. The van der Waals surface area contributed by atoms with E-state index in [0.717, 1.165) is 12.3 Å². The Bertz CT molecular complexity index is 352. The van der Waals surface area contributed by atoms with E-state index in [1.54, 1.807) is 0 Å². The first-order valence-electron chi connectivity index (χ1n) is 3.59. The Morgan fingerprint density at radius 3 is 2.40 bits per heavy atom. The smallest absolute Gasteiger partial charge is 0.398 e. The van der Waals surface area contributed by atoms with E-state index >= 15 is 0 Å². The molecule has 0 unspecified atom stereocenters. The second kappa shape index (κ2) is 3.87. The van der Waals surface area contributed by atoms with Crippen LogP contribution in [0.4, 0.5) is 27.6 Å². The molecule has 0 fully saturated rings. The number of hydrogen-bond donors (Lipinski definition) is 1. The molecular weight excluding hydrogens is 223 g/mol. The molecule has 1 heterocycles. The number of aromatic nitrogens is 1. The molecule has 1 rings (SSSR count). The maximum atomic E-state index is 12.3. The van der Waals surface area contributed by atoms with E-state index < -0.39 is 29.9 Å². The summed E-state index contributed by atoms with van der Waals surface area (Å²) in [5, 5.41) is 0. The number of halogens is 5. The Balaban J connectivity index is 3.12. The summed E-state index contributed by atoms with van der Waals surface area (Å²) in [4.78, 5) is 3.04. The summed E-state index contributed by atoms with van der Waals surface area (Å²) < 4.78 is 63.2. The quantitative estimate of drug-likeness (QED) is 0.791. The SMILES string of the molecule is Nc1ccnc(OC(F)(F)F)c1C(F)F. The Labute approximate surface area is 80.7 Å². The Hall–Kier alpha value is -1.60. The number of alkyl halides is 5. The number of nitrogens with zero attached hydrogens (tertiary/aromatic N) is 1. The second-order valence-corrected chi connectivity index (χ2v) is 2.47. The molecule has 1 aromatic rings. The number of nitrogens with two attached hydrogens (primary N) is 1. The average Bonchev–Trinajstić information content (AvgIpc) is 1.99. The first-order valence-corrected chi connectivity index (χ1v) is 3.59. The van der Waals surface area contributed by atoms with Crippen LogP contribution in [-0.2, 0) is 0 Å². The van der Waals surface area contributed by atoms with Crippen LogP contribution in [-0.4, -0.2) is 11.3 Å². The lowest BCUT2D eigenvalue weighted by Gasteiger charge is -2.12. The van der Waals surface area contributed by atoms with E-state index in [0.29, 0.717) is 0 Å². The maximum absolute atomic E-state index is 12.3. The average molecular weight is 228 g/mol. The van der Waals surface area contributed by atoms with Crippen molar-refractivity contribution < 1.29 is 26.7 Å². The molecule has 0 aliphatic rings. The van der Waals surface area contributed by atoms with E-state index in [2.05, 4.69) is 9.72 Å². The zero-order chi connectivity index (χ0) is 11.6. The van der Waals surface area contributed by atoms with Crippen molar-refractivity contribution >= 4 is 5.69 Å². The van der Waals surface area contributed by atoms with Crippen molar-refractivity contribution in [1.29, 1.82) is 0 Å². The van der Waals surface area contributed by atoms with Crippen molar-refractivity contribution in [1.82, 2.24) is 4.98 Å². The van der Waals surface area contributed by atoms with Crippen molar-refractivity contribution in [2.45, 2.75) is 12.8 Å². The van der Waals surface area contributed by atoms with Crippen molar-refractivity contribution in [2.24, 2.45) is 0 Å². The van der Waals surface area contributed by atoms with Crippen molar-refractivity contribution in [2.75, 3.05) is 5.73 Å². The Morgan fingerprint density at radius 1 is 1.33 bits per heavy atom. The zero-order valence-corrected chi connectivity index (χ0v) is 7.05. The summed E-state index contributed by atoms with van der Waals surface area (Å²) in [6, 6.07) is 0.963. The highest BCUT2D eigenvalue weighted by molar-refractivity contribution is 5.51. The van der Waals surface area contributed by atoms with Crippen molar-refractivity contribution in [3.05, 3.63) is 17.8 Å². The number of pyridine rings is 1. The molecule has 0 aliphatic heterocycles. The van der Waals surface area contributed by atoms with Crippen LogP contribution in [0.5, 0.6) is 5.88 Å². The summed E-state index contributed by atoms with van der Waals surface area (Å²) >= 11 is 0. The molecule has 0 amide bonds. The van der Waals surface area contributed by atoms with Gasteiger partial charge in [0.1, 0.15) is 5.56 Å². The van der Waals surface area contributed by atoms with Gasteiger partial charge in [-0.15, -0.1) is 13.2 Å². The second-order valence-electron chi connectivity index (χ2n) is 2.47. The highest BCUT2D eigenvalue weighted by Gasteiger charge is 2.34. The van der Waals surface area contributed by atoms with Crippen LogP contribution in [0.2, 0.25) is 0 Å². The maximum Gasteiger partial charge on any atom is 0.574 e. The van der Waals surface area contributed by atoms with Gasteiger partial charge in [0.2, 0.25) is 5.88 Å². The van der Waals surface area contributed by atoms with Gasteiger partial charge in [-0.25, -0.2) is 13.8 Å². The van der Waals surface area contributed by atoms with Gasteiger partial charge in [0.05, 0.1) is 0 Å². The molecule has 0 radical (unpaired) electrons. The monoisotopic (exact) mass is 228 g/mol. The third-order valence-electron chi connectivity index (χ3n) is 1.42. The molecular formula is C7H5F5N2O. The van der Waals surface area contributed by atoms with Crippen molar-refractivity contribution in [3.8, 4) is 5.88 Å². The van der Waals surface area contributed by atoms with E-state index in [4.69, 9.17) is 5.73 Å². The van der Waals surface area contributed by atoms with E-state index in [1.165, 1.54) is 0 Å². The summed E-state index contributed by atoms with van der Waals surface area (Å²) in [6.45, 7) is 0. The molecule has 0 saturated heterocycles. The van der Waals surface area contributed by atoms with Gasteiger partial charge < -0.3 is 10.5 Å². The van der Waals surface area contributed by atoms with E-state index in [9.17, 15) is 22.0 Å². The zero-order valence-electron chi connectivity index (χ0n) is 7.05. The van der Waals surface area contributed by atoms with E-state index in [1.807, 2.05) is 0 Å². The minimum Gasteiger partial charge on any atom is -0.398 e. The van der Waals surface area contributed by atoms with Gasteiger partial charge in [0.15, 0.2) is 0 Å². The Morgan fingerprint density at radius 2 is 1.93 bits per heavy atom. The number of nitrogen functional groups attached to an aromatic ring is 1. The van der Waals surface area contributed by atoms with Crippen LogP contribution in [0.1, 0.15) is 12.0 Å². The highest BCUT2D eigenvalue weighted by Crippen LogP contribution is 2.34. The van der Waals surface area contributed by atoms with Gasteiger partial charge in [-0.3, -0.25) is 0 Å². The van der Waals surface area contributed by atoms with Crippen LogP contribution in [0.25, 0.3) is 0 Å². The van der Waals surface area contributed by atoms with Crippen LogP contribution < -0.4 is 10.5 Å². The summed E-state index contributed by atoms with van der Waals surface area (Å²) in [6.07, 6.45) is -7.41. The molecule has 84 valence electrons. The minimum absolute atomic E-state index is 0.501. The van der Waals surface area contributed by atoms with Crippen LogP contribution in [0.3, 0.4) is 0 Å². The molecule has 2 N–H and O–H groups in total. The summed E-state index contributed by atoms with van der Waals surface area (Å²) in [7, 11) is 0. The predicted octanol–water partition coefficient (Wildman–Crippen LogP) is 2.50. The lowest BCUT2D eigenvalue weighted by Crippen LogP contribution is -2.19. The van der Waals surface area contributed by atoms with Gasteiger partial charge >= 0.3 is 6.36 Å². The van der Waals surface area contributed by atoms with Gasteiger partial charge in [-0.2, -0.15) is 0 Å². The minimum atomic E-state index is -5.08. The van der Waals surface area contributed by atoms with Gasteiger partial charge in [-0.1, -0.05) is 0 Å². The third kappa shape index (κ3) is 2.93. The molecule has 3 nitrogen and oxygen atoms in total. The lowest BCUT2D eigenvalue weighted by atomic mass is 10.2. The van der Waals surface area contributed by atoms with Gasteiger partial charge in [0, 0.05) is 11.9 Å². The Kier molecular flexibility index (Phi) is 2.96.